The summed E-state index contributed by atoms with van der Waals surface area (Å²) >= 11 is 0. The first kappa shape index (κ1) is 20.0. The Kier molecular flexibility index (Phi) is 5.24. The van der Waals surface area contributed by atoms with Crippen LogP contribution in [0.2, 0.25) is 0 Å². The highest BCUT2D eigenvalue weighted by atomic mass is 16.5. The van der Waals surface area contributed by atoms with Gasteiger partial charge in [0.2, 0.25) is 0 Å². The molecule has 0 spiro atoms. The molecule has 1 aliphatic heterocycles. The molecule has 0 aliphatic carbocycles. The number of unbranched alkanes of at least 4 members (excludes halogenated alkanes) is 1. The number of aromatic hydroxyl groups is 1. The number of rotatable bonds is 6. The molecule has 6 nitrogen and oxygen atoms in total. The van der Waals surface area contributed by atoms with E-state index in [4.69, 9.17) is 4.74 Å². The van der Waals surface area contributed by atoms with Crippen LogP contribution in [-0.4, -0.2) is 39.8 Å². The van der Waals surface area contributed by atoms with Crippen LogP contribution in [0.4, 0.5) is 0 Å². The van der Waals surface area contributed by atoms with Gasteiger partial charge < -0.3 is 14.7 Å². The van der Waals surface area contributed by atoms with Crippen molar-refractivity contribution in [2.75, 3.05) is 13.7 Å². The number of methoxy groups -OCH3 is 1. The van der Waals surface area contributed by atoms with Gasteiger partial charge in [-0.05, 0) is 55.2 Å². The highest BCUT2D eigenvalue weighted by Gasteiger charge is 2.42. The first-order valence-electron chi connectivity index (χ1n) is 10.3. The average molecular weight is 405 g/mol. The molecular formula is C24H27N3O3. The fraction of sp³-hybridized carbons (Fsp3) is 0.333. The molecule has 30 heavy (non-hydrogen) atoms. The lowest BCUT2D eigenvalue weighted by Crippen LogP contribution is -2.30. The van der Waals surface area contributed by atoms with E-state index in [0.717, 1.165) is 40.8 Å². The molecule has 156 valence electrons. The highest BCUT2D eigenvalue weighted by molar-refractivity contribution is 6.00. The van der Waals surface area contributed by atoms with Gasteiger partial charge in [0.05, 0.1) is 13.2 Å². The number of ether oxygens (including phenoxy) is 1. The van der Waals surface area contributed by atoms with Crippen LogP contribution in [0.25, 0.3) is 11.3 Å². The van der Waals surface area contributed by atoms with Crippen LogP contribution >= 0.6 is 0 Å². The molecule has 1 atom stereocenters. The third kappa shape index (κ3) is 3.22. The third-order valence-electron chi connectivity index (χ3n) is 5.72. The number of nitrogens with one attached hydrogen (secondary N) is 1. The number of benzene rings is 2. The first-order valence-corrected chi connectivity index (χ1v) is 10.3. The molecule has 1 aromatic heterocycles. The minimum Gasteiger partial charge on any atom is -0.507 e. The number of aromatic amines is 1. The minimum absolute atomic E-state index is 0.0609. The van der Waals surface area contributed by atoms with Crippen molar-refractivity contribution in [2.45, 2.75) is 39.7 Å². The predicted molar refractivity (Wildman–Crippen MR) is 116 cm³/mol. The number of hydrogen-bond donors (Lipinski definition) is 2. The van der Waals surface area contributed by atoms with E-state index in [1.807, 2.05) is 49.1 Å². The van der Waals surface area contributed by atoms with E-state index >= 15 is 0 Å². The first-order chi connectivity index (χ1) is 14.5. The summed E-state index contributed by atoms with van der Waals surface area (Å²) in [6.07, 6.45) is 1.90. The van der Waals surface area contributed by atoms with Crippen LogP contribution in [0.15, 0.2) is 36.4 Å². The molecule has 0 saturated heterocycles. The third-order valence-corrected chi connectivity index (χ3v) is 5.72. The second-order valence-corrected chi connectivity index (χ2v) is 7.87. The quantitative estimate of drug-likeness (QED) is 0.620. The van der Waals surface area contributed by atoms with E-state index in [1.165, 1.54) is 0 Å². The highest BCUT2D eigenvalue weighted by Crippen LogP contribution is 2.46. The SMILES string of the molecule is CCCCN1C(=O)c2[nH]nc(-c3c(C)cc(C)cc3O)c2C1c1cccc(OC)c1. The number of H-pyrrole nitrogens is 1. The van der Waals surface area contributed by atoms with Gasteiger partial charge in [0.25, 0.3) is 5.91 Å². The van der Waals surface area contributed by atoms with E-state index in [2.05, 4.69) is 17.1 Å². The molecule has 0 radical (unpaired) electrons. The summed E-state index contributed by atoms with van der Waals surface area (Å²) in [6.45, 7) is 6.66. The number of aromatic nitrogens is 2. The van der Waals surface area contributed by atoms with Crippen molar-refractivity contribution < 1.29 is 14.6 Å². The fourth-order valence-corrected chi connectivity index (χ4v) is 4.36. The van der Waals surface area contributed by atoms with Crippen LogP contribution in [-0.2, 0) is 0 Å². The van der Waals surface area contributed by atoms with Crippen molar-refractivity contribution in [2.24, 2.45) is 0 Å². The van der Waals surface area contributed by atoms with E-state index in [-0.39, 0.29) is 17.7 Å². The van der Waals surface area contributed by atoms with E-state index in [9.17, 15) is 9.90 Å². The number of carbonyl (C=O) groups is 1. The number of carbonyl (C=O) groups excluding carboxylic acids is 1. The minimum atomic E-state index is -0.289. The zero-order valence-electron chi connectivity index (χ0n) is 17.8. The molecular weight excluding hydrogens is 378 g/mol. The van der Waals surface area contributed by atoms with Crippen molar-refractivity contribution in [1.29, 1.82) is 0 Å². The number of phenols is 1. The molecule has 1 amide bonds. The average Bonchev–Trinajstić information content (AvgIpc) is 3.25. The summed E-state index contributed by atoms with van der Waals surface area (Å²) in [7, 11) is 1.64. The van der Waals surface area contributed by atoms with Gasteiger partial charge in [-0.25, -0.2) is 0 Å². The standard InChI is InChI=1S/C24H27N3O3/c1-5-6-10-27-23(16-8-7-9-17(13-16)30-4)20-21(25-26-22(20)24(27)29)19-15(3)11-14(2)12-18(19)28/h7-9,11-13,23,28H,5-6,10H2,1-4H3,(H,25,26). The monoisotopic (exact) mass is 405 g/mol. The maximum absolute atomic E-state index is 13.3. The summed E-state index contributed by atoms with van der Waals surface area (Å²) in [5.41, 5.74) is 5.46. The normalized spacial score (nSPS) is 15.5. The molecule has 0 saturated carbocycles. The second kappa shape index (κ2) is 7.86. The Morgan fingerprint density at radius 1 is 1.23 bits per heavy atom. The molecule has 0 fully saturated rings. The number of phenolic OH excluding ortho intramolecular Hbond substituents is 1. The topological polar surface area (TPSA) is 78.5 Å². The van der Waals surface area contributed by atoms with Gasteiger partial charge in [-0.2, -0.15) is 5.10 Å². The molecule has 2 heterocycles. The van der Waals surface area contributed by atoms with Crippen molar-refractivity contribution in [3.8, 4) is 22.8 Å². The zero-order valence-corrected chi connectivity index (χ0v) is 17.8. The lowest BCUT2D eigenvalue weighted by atomic mass is 9.93. The van der Waals surface area contributed by atoms with Gasteiger partial charge in [-0.3, -0.25) is 9.89 Å². The largest absolute Gasteiger partial charge is 0.507 e. The van der Waals surface area contributed by atoms with Gasteiger partial charge in [-0.15, -0.1) is 0 Å². The molecule has 6 heteroatoms. The zero-order chi connectivity index (χ0) is 21.4. The van der Waals surface area contributed by atoms with Crippen molar-refractivity contribution >= 4 is 5.91 Å². The number of hydrogen-bond acceptors (Lipinski definition) is 4. The smallest absolute Gasteiger partial charge is 0.273 e. The Morgan fingerprint density at radius 2 is 2.03 bits per heavy atom. The maximum atomic E-state index is 13.3. The lowest BCUT2D eigenvalue weighted by molar-refractivity contribution is 0.0741. The van der Waals surface area contributed by atoms with Gasteiger partial charge in [0.1, 0.15) is 22.9 Å². The number of aryl methyl sites for hydroxylation is 2. The Labute approximate surface area is 176 Å². The number of fused-ring (bicyclic) bond motifs is 1. The van der Waals surface area contributed by atoms with Crippen molar-refractivity contribution in [3.63, 3.8) is 0 Å². The van der Waals surface area contributed by atoms with Crippen LogP contribution in [0, 0.1) is 13.8 Å². The van der Waals surface area contributed by atoms with Crippen LogP contribution in [0.1, 0.15) is 58.5 Å². The van der Waals surface area contributed by atoms with E-state index < -0.39 is 0 Å². The van der Waals surface area contributed by atoms with Crippen LogP contribution in [0.3, 0.4) is 0 Å². The van der Waals surface area contributed by atoms with Gasteiger partial charge in [0, 0.05) is 17.7 Å². The summed E-state index contributed by atoms with van der Waals surface area (Å²) < 4.78 is 5.43. The summed E-state index contributed by atoms with van der Waals surface area (Å²) in [5.74, 6) is 0.850. The van der Waals surface area contributed by atoms with Crippen molar-refractivity contribution in [1.82, 2.24) is 15.1 Å². The summed E-state index contributed by atoms with van der Waals surface area (Å²) in [5, 5.41) is 18.1. The van der Waals surface area contributed by atoms with E-state index in [1.54, 1.807) is 13.2 Å². The fourth-order valence-electron chi connectivity index (χ4n) is 4.36. The van der Waals surface area contributed by atoms with Gasteiger partial charge in [-0.1, -0.05) is 31.5 Å². The van der Waals surface area contributed by atoms with Crippen LogP contribution < -0.4 is 4.74 Å². The Bertz CT molecular complexity index is 1080. The van der Waals surface area contributed by atoms with Gasteiger partial charge >= 0.3 is 0 Å². The van der Waals surface area contributed by atoms with E-state index in [0.29, 0.717) is 23.5 Å². The predicted octanol–water partition coefficient (Wildman–Crippen LogP) is 4.75. The Balaban J connectivity index is 1.92. The molecule has 2 N–H and O–H groups in total. The molecule has 1 aliphatic rings. The van der Waals surface area contributed by atoms with Crippen molar-refractivity contribution in [3.05, 3.63) is 64.3 Å². The molecule has 3 aromatic rings. The number of nitrogens with zero attached hydrogens (tertiary/aromatic N) is 2. The molecule has 2 aromatic carbocycles. The maximum Gasteiger partial charge on any atom is 0.273 e. The van der Waals surface area contributed by atoms with Crippen LogP contribution in [0.5, 0.6) is 11.5 Å². The molecule has 4 rings (SSSR count). The Hall–Kier alpha value is -3.28. The molecule has 0 bridgehead atoms. The Morgan fingerprint density at radius 3 is 2.73 bits per heavy atom. The summed E-state index contributed by atoms with van der Waals surface area (Å²) in [4.78, 5) is 15.2. The summed E-state index contributed by atoms with van der Waals surface area (Å²) in [6, 6.07) is 11.3. The number of amides is 1. The second-order valence-electron chi connectivity index (χ2n) is 7.87. The van der Waals surface area contributed by atoms with Gasteiger partial charge in [0.15, 0.2) is 0 Å². The molecule has 1 unspecified atom stereocenters. The lowest BCUT2D eigenvalue weighted by Gasteiger charge is -2.26.